The lowest BCUT2D eigenvalue weighted by atomic mass is 10.0. The molecule has 0 bridgehead atoms. The average Bonchev–Trinajstić information content (AvgIpc) is 2.49. The second-order valence-electron chi connectivity index (χ2n) is 4.77. The lowest BCUT2D eigenvalue weighted by Gasteiger charge is -2.22. The lowest BCUT2D eigenvalue weighted by Crippen LogP contribution is -2.43. The summed E-state index contributed by atoms with van der Waals surface area (Å²) in [4.78, 5) is 23.7. The minimum absolute atomic E-state index is 0.111. The van der Waals surface area contributed by atoms with Gasteiger partial charge < -0.3 is 16.0 Å². The maximum absolute atomic E-state index is 12.1. The maximum Gasteiger partial charge on any atom is 0.251 e. The van der Waals surface area contributed by atoms with Gasteiger partial charge in [0, 0.05) is 12.6 Å². The van der Waals surface area contributed by atoms with Crippen molar-refractivity contribution >= 4 is 29.1 Å². The van der Waals surface area contributed by atoms with E-state index in [-0.39, 0.29) is 17.9 Å². The monoisotopic (exact) mass is 295 g/mol. The predicted molar refractivity (Wildman–Crippen MR) is 79.1 cm³/mol. The van der Waals surface area contributed by atoms with E-state index in [4.69, 9.17) is 11.6 Å². The Morgan fingerprint density at radius 3 is 2.80 bits per heavy atom. The molecule has 1 aliphatic heterocycles. The van der Waals surface area contributed by atoms with Crippen LogP contribution in [0.4, 0.5) is 5.69 Å². The van der Waals surface area contributed by atoms with Gasteiger partial charge in [-0.15, -0.1) is 0 Å². The summed E-state index contributed by atoms with van der Waals surface area (Å²) in [7, 11) is 1.56. The Bertz CT molecular complexity index is 513. The third kappa shape index (κ3) is 3.49. The smallest absolute Gasteiger partial charge is 0.251 e. The molecule has 0 unspecified atom stereocenters. The first-order valence-corrected chi connectivity index (χ1v) is 7.05. The van der Waals surface area contributed by atoms with Crippen LogP contribution in [0.2, 0.25) is 5.02 Å². The second-order valence-corrected chi connectivity index (χ2v) is 5.17. The van der Waals surface area contributed by atoms with Crippen molar-refractivity contribution in [2.24, 2.45) is 0 Å². The van der Waals surface area contributed by atoms with E-state index in [1.54, 1.807) is 25.2 Å². The predicted octanol–water partition coefficient (Wildman–Crippen LogP) is 1.78. The number of halogens is 1. The molecular weight excluding hydrogens is 278 g/mol. The number of hydrogen-bond donors (Lipinski definition) is 3. The second kappa shape index (κ2) is 6.72. The van der Waals surface area contributed by atoms with Gasteiger partial charge in [0.05, 0.1) is 16.8 Å². The van der Waals surface area contributed by atoms with Gasteiger partial charge in [0.15, 0.2) is 0 Å². The first-order valence-electron chi connectivity index (χ1n) is 6.67. The van der Waals surface area contributed by atoms with Crippen LogP contribution < -0.4 is 16.0 Å². The highest BCUT2D eigenvalue weighted by atomic mass is 35.5. The van der Waals surface area contributed by atoms with Gasteiger partial charge in [0.25, 0.3) is 5.91 Å². The molecule has 1 aliphatic rings. The standard InChI is InChI=1S/C14H18ClN3O2/c1-16-13(19)9-5-6-10(15)12(8-9)18-14(20)11-4-2-3-7-17-11/h5-6,8,11,17H,2-4,7H2,1H3,(H,16,19)(H,18,20)/t11-/m0/s1. The van der Waals surface area contributed by atoms with Crippen LogP contribution in [0.5, 0.6) is 0 Å². The van der Waals surface area contributed by atoms with E-state index in [0.29, 0.717) is 16.3 Å². The molecule has 1 fully saturated rings. The fourth-order valence-electron chi connectivity index (χ4n) is 2.20. The summed E-state index contributed by atoms with van der Waals surface area (Å²) in [6.45, 7) is 0.851. The number of rotatable bonds is 3. The average molecular weight is 296 g/mol. The number of nitrogens with one attached hydrogen (secondary N) is 3. The first kappa shape index (κ1) is 14.8. The molecule has 0 saturated carbocycles. The van der Waals surface area contributed by atoms with E-state index in [9.17, 15) is 9.59 Å². The van der Waals surface area contributed by atoms with Crippen molar-refractivity contribution in [2.45, 2.75) is 25.3 Å². The van der Waals surface area contributed by atoms with Crippen molar-refractivity contribution in [3.63, 3.8) is 0 Å². The molecular formula is C14H18ClN3O2. The van der Waals surface area contributed by atoms with Gasteiger partial charge >= 0.3 is 0 Å². The van der Waals surface area contributed by atoms with E-state index in [0.717, 1.165) is 25.8 Å². The Hall–Kier alpha value is -1.59. The lowest BCUT2D eigenvalue weighted by molar-refractivity contribution is -0.118. The Kier molecular flexibility index (Phi) is 4.98. The van der Waals surface area contributed by atoms with Gasteiger partial charge in [-0.2, -0.15) is 0 Å². The van der Waals surface area contributed by atoms with Crippen LogP contribution in [0.3, 0.4) is 0 Å². The summed E-state index contributed by atoms with van der Waals surface area (Å²) in [6, 6.07) is 4.62. The fraction of sp³-hybridized carbons (Fsp3) is 0.429. The molecule has 1 heterocycles. The minimum atomic E-state index is -0.215. The van der Waals surface area contributed by atoms with Crippen molar-refractivity contribution < 1.29 is 9.59 Å². The van der Waals surface area contributed by atoms with Crippen LogP contribution in [0.1, 0.15) is 29.6 Å². The third-order valence-electron chi connectivity index (χ3n) is 3.34. The molecule has 3 N–H and O–H groups in total. The highest BCUT2D eigenvalue weighted by Crippen LogP contribution is 2.23. The Balaban J connectivity index is 2.11. The van der Waals surface area contributed by atoms with Crippen molar-refractivity contribution in [1.29, 1.82) is 0 Å². The first-order chi connectivity index (χ1) is 9.61. The summed E-state index contributed by atoms with van der Waals surface area (Å²) < 4.78 is 0. The number of amides is 2. The molecule has 0 aromatic heterocycles. The van der Waals surface area contributed by atoms with Gasteiger partial charge in [-0.1, -0.05) is 18.0 Å². The highest BCUT2D eigenvalue weighted by molar-refractivity contribution is 6.34. The van der Waals surface area contributed by atoms with E-state index in [2.05, 4.69) is 16.0 Å². The van der Waals surface area contributed by atoms with Crippen molar-refractivity contribution in [3.05, 3.63) is 28.8 Å². The van der Waals surface area contributed by atoms with Crippen LogP contribution in [0, 0.1) is 0 Å². The Labute approximate surface area is 123 Å². The number of anilines is 1. The fourth-order valence-corrected chi connectivity index (χ4v) is 2.37. The SMILES string of the molecule is CNC(=O)c1ccc(Cl)c(NC(=O)[C@@H]2CCCCN2)c1. The molecule has 5 nitrogen and oxygen atoms in total. The summed E-state index contributed by atoms with van der Waals surface area (Å²) in [5, 5.41) is 8.91. The van der Waals surface area contributed by atoms with Crippen molar-refractivity contribution in [2.75, 3.05) is 18.9 Å². The number of hydrogen-bond acceptors (Lipinski definition) is 3. The minimum Gasteiger partial charge on any atom is -0.355 e. The number of carbonyl (C=O) groups is 2. The van der Waals surface area contributed by atoms with Gasteiger partial charge in [0.1, 0.15) is 0 Å². The molecule has 108 valence electrons. The summed E-state index contributed by atoms with van der Waals surface area (Å²) >= 11 is 6.06. The van der Waals surface area contributed by atoms with Crippen molar-refractivity contribution in [1.82, 2.24) is 10.6 Å². The van der Waals surface area contributed by atoms with E-state index < -0.39 is 0 Å². The normalized spacial score (nSPS) is 18.4. The van der Waals surface area contributed by atoms with E-state index in [1.165, 1.54) is 0 Å². The number of carbonyl (C=O) groups excluding carboxylic acids is 2. The quantitative estimate of drug-likeness (QED) is 0.796. The topological polar surface area (TPSA) is 70.2 Å². The molecule has 1 atom stereocenters. The van der Waals surface area contributed by atoms with Gasteiger partial charge in [-0.05, 0) is 37.6 Å². The maximum atomic E-state index is 12.1. The van der Waals surface area contributed by atoms with Gasteiger partial charge in [0.2, 0.25) is 5.91 Å². The molecule has 2 amide bonds. The molecule has 1 saturated heterocycles. The Morgan fingerprint density at radius 1 is 1.35 bits per heavy atom. The molecule has 0 spiro atoms. The van der Waals surface area contributed by atoms with Crippen LogP contribution in [-0.2, 0) is 4.79 Å². The Morgan fingerprint density at radius 2 is 2.15 bits per heavy atom. The highest BCUT2D eigenvalue weighted by Gasteiger charge is 2.21. The van der Waals surface area contributed by atoms with Crippen LogP contribution in [-0.4, -0.2) is 31.4 Å². The number of piperidine rings is 1. The largest absolute Gasteiger partial charge is 0.355 e. The molecule has 0 aliphatic carbocycles. The summed E-state index contributed by atoms with van der Waals surface area (Å²) in [6.07, 6.45) is 2.95. The van der Waals surface area contributed by atoms with Gasteiger partial charge in [-0.25, -0.2) is 0 Å². The summed E-state index contributed by atoms with van der Waals surface area (Å²) in [5.74, 6) is -0.325. The van der Waals surface area contributed by atoms with Crippen LogP contribution in [0.15, 0.2) is 18.2 Å². The van der Waals surface area contributed by atoms with E-state index in [1.807, 2.05) is 0 Å². The zero-order valence-corrected chi connectivity index (χ0v) is 12.1. The molecule has 1 aromatic carbocycles. The zero-order chi connectivity index (χ0) is 14.5. The van der Waals surface area contributed by atoms with Gasteiger partial charge in [-0.3, -0.25) is 9.59 Å². The molecule has 1 aromatic rings. The number of benzene rings is 1. The zero-order valence-electron chi connectivity index (χ0n) is 11.3. The third-order valence-corrected chi connectivity index (χ3v) is 3.67. The molecule has 6 heteroatoms. The van der Waals surface area contributed by atoms with Crippen LogP contribution in [0.25, 0.3) is 0 Å². The van der Waals surface area contributed by atoms with Crippen molar-refractivity contribution in [3.8, 4) is 0 Å². The van der Waals surface area contributed by atoms with E-state index >= 15 is 0 Å². The molecule has 2 rings (SSSR count). The summed E-state index contributed by atoms with van der Waals surface area (Å²) in [5.41, 5.74) is 0.925. The molecule has 20 heavy (non-hydrogen) atoms. The van der Waals surface area contributed by atoms with Crippen LogP contribution >= 0.6 is 11.6 Å². The molecule has 0 radical (unpaired) electrons.